The Morgan fingerprint density at radius 3 is 2.29 bits per heavy atom. The Morgan fingerprint density at radius 2 is 1.52 bits per heavy atom. The minimum absolute atomic E-state index is 0.158. The summed E-state index contributed by atoms with van der Waals surface area (Å²) in [6.07, 6.45) is 0. The molecule has 0 saturated heterocycles. The lowest BCUT2D eigenvalue weighted by molar-refractivity contribution is 0.639. The molecule has 0 bridgehead atoms. The van der Waals surface area contributed by atoms with E-state index in [1.54, 1.807) is 18.2 Å². The summed E-state index contributed by atoms with van der Waals surface area (Å²) in [6, 6.07) is 16.1. The minimum atomic E-state index is -0.230. The van der Waals surface area contributed by atoms with Crippen LogP contribution in [-0.4, -0.2) is 0 Å². The topological polar surface area (TPSA) is 0 Å². The molecule has 0 heterocycles. The van der Waals surface area contributed by atoms with Crippen molar-refractivity contribution in [3.05, 3.63) is 81.6 Å². The molecule has 0 aliphatic rings. The Hall–Kier alpha value is -1.09. The molecule has 0 aliphatic heterocycles. The molecule has 0 spiro atoms. The summed E-state index contributed by atoms with van der Waals surface area (Å²) in [5.74, 6) is -0.230. The van der Waals surface area contributed by atoms with Crippen molar-refractivity contribution >= 4 is 49.9 Å². The molecule has 4 heteroatoms. The lowest BCUT2D eigenvalue weighted by atomic mass is 9.98. The van der Waals surface area contributed by atoms with Crippen molar-refractivity contribution in [3.63, 3.8) is 0 Å². The fourth-order valence-corrected chi connectivity index (χ4v) is 3.72. The molecule has 0 amide bonds. The van der Waals surface area contributed by atoms with Gasteiger partial charge in [-0.15, -0.1) is 0 Å². The van der Waals surface area contributed by atoms with E-state index in [1.165, 1.54) is 6.07 Å². The fourth-order valence-electron chi connectivity index (χ4n) is 2.39. The molecule has 0 aliphatic carbocycles. The number of benzene rings is 3. The zero-order chi connectivity index (χ0) is 15.0. The van der Waals surface area contributed by atoms with Crippen LogP contribution in [0.25, 0.3) is 10.8 Å². The van der Waals surface area contributed by atoms with Gasteiger partial charge in [-0.1, -0.05) is 81.6 Å². The Bertz CT molecular complexity index is 817. The van der Waals surface area contributed by atoms with E-state index in [0.29, 0.717) is 15.4 Å². The standard InChI is InChI=1S/C17H10BrCl2F/c18-16(13-6-3-7-14(19)17(13)20)12-8-9-15(21)11-5-2-1-4-10(11)12/h1-9,16H. The quantitative estimate of drug-likeness (QED) is 0.428. The molecular formula is C17H10BrCl2F. The first kappa shape index (κ1) is 14.8. The molecule has 0 aromatic heterocycles. The first-order chi connectivity index (χ1) is 10.1. The van der Waals surface area contributed by atoms with Crippen LogP contribution < -0.4 is 0 Å². The molecule has 0 saturated carbocycles. The molecule has 1 atom stereocenters. The molecule has 106 valence electrons. The second-order valence-electron chi connectivity index (χ2n) is 4.69. The highest BCUT2D eigenvalue weighted by atomic mass is 79.9. The molecular weight excluding hydrogens is 374 g/mol. The number of rotatable bonds is 2. The molecule has 3 aromatic carbocycles. The molecule has 21 heavy (non-hydrogen) atoms. The number of fused-ring (bicyclic) bond motifs is 1. The van der Waals surface area contributed by atoms with Gasteiger partial charge in [-0.05, 0) is 28.6 Å². The van der Waals surface area contributed by atoms with Gasteiger partial charge in [-0.3, -0.25) is 0 Å². The van der Waals surface area contributed by atoms with Gasteiger partial charge in [0.25, 0.3) is 0 Å². The summed E-state index contributed by atoms with van der Waals surface area (Å²) in [4.78, 5) is -0.158. The predicted molar refractivity (Wildman–Crippen MR) is 91.1 cm³/mol. The average molecular weight is 384 g/mol. The van der Waals surface area contributed by atoms with Gasteiger partial charge in [0.05, 0.1) is 14.9 Å². The SMILES string of the molecule is Fc1ccc(C(Br)c2cccc(Cl)c2Cl)c2ccccc12. The first-order valence-corrected chi connectivity index (χ1v) is 8.02. The van der Waals surface area contributed by atoms with Gasteiger partial charge in [0.15, 0.2) is 0 Å². The monoisotopic (exact) mass is 382 g/mol. The largest absolute Gasteiger partial charge is 0.206 e. The van der Waals surface area contributed by atoms with E-state index in [-0.39, 0.29) is 10.6 Å². The van der Waals surface area contributed by atoms with E-state index in [1.807, 2.05) is 30.3 Å². The van der Waals surface area contributed by atoms with Crippen molar-refractivity contribution in [2.24, 2.45) is 0 Å². The van der Waals surface area contributed by atoms with Crippen molar-refractivity contribution in [1.82, 2.24) is 0 Å². The highest BCUT2D eigenvalue weighted by molar-refractivity contribution is 9.09. The van der Waals surface area contributed by atoms with Crippen LogP contribution in [0.4, 0.5) is 4.39 Å². The lowest BCUT2D eigenvalue weighted by Crippen LogP contribution is -1.96. The molecule has 3 rings (SSSR count). The van der Waals surface area contributed by atoms with Crippen LogP contribution in [0.5, 0.6) is 0 Å². The van der Waals surface area contributed by atoms with E-state index in [4.69, 9.17) is 23.2 Å². The highest BCUT2D eigenvalue weighted by Gasteiger charge is 2.18. The smallest absolute Gasteiger partial charge is 0.131 e. The van der Waals surface area contributed by atoms with Gasteiger partial charge >= 0.3 is 0 Å². The summed E-state index contributed by atoms with van der Waals surface area (Å²) in [5.41, 5.74) is 1.82. The third-order valence-electron chi connectivity index (χ3n) is 3.43. The normalized spacial score (nSPS) is 12.6. The first-order valence-electron chi connectivity index (χ1n) is 6.34. The van der Waals surface area contributed by atoms with Gasteiger partial charge in [-0.2, -0.15) is 0 Å². The van der Waals surface area contributed by atoms with Crippen LogP contribution in [0.3, 0.4) is 0 Å². The number of hydrogen-bond acceptors (Lipinski definition) is 0. The van der Waals surface area contributed by atoms with Crippen LogP contribution in [0, 0.1) is 5.82 Å². The van der Waals surface area contributed by atoms with E-state index < -0.39 is 0 Å². The van der Waals surface area contributed by atoms with Gasteiger partial charge in [0.1, 0.15) is 5.82 Å². The van der Waals surface area contributed by atoms with Gasteiger partial charge in [-0.25, -0.2) is 4.39 Å². The second-order valence-corrected chi connectivity index (χ2v) is 6.39. The van der Waals surface area contributed by atoms with E-state index >= 15 is 0 Å². The Balaban J connectivity index is 2.21. The summed E-state index contributed by atoms with van der Waals surface area (Å²) in [7, 11) is 0. The van der Waals surface area contributed by atoms with Gasteiger partial charge < -0.3 is 0 Å². The summed E-state index contributed by atoms with van der Waals surface area (Å²) in [5, 5.41) is 2.47. The van der Waals surface area contributed by atoms with Gasteiger partial charge in [0, 0.05) is 5.39 Å². The zero-order valence-corrected chi connectivity index (χ0v) is 13.9. The van der Waals surface area contributed by atoms with Crippen LogP contribution >= 0.6 is 39.1 Å². The zero-order valence-electron chi connectivity index (χ0n) is 10.8. The van der Waals surface area contributed by atoms with Crippen molar-refractivity contribution in [3.8, 4) is 0 Å². The maximum absolute atomic E-state index is 13.9. The van der Waals surface area contributed by atoms with Crippen molar-refractivity contribution < 1.29 is 4.39 Å². The third-order valence-corrected chi connectivity index (χ3v) is 5.25. The van der Waals surface area contributed by atoms with Gasteiger partial charge in [0.2, 0.25) is 0 Å². The Labute approximate surface area is 140 Å². The second kappa shape index (κ2) is 5.96. The number of alkyl halides is 1. The maximum Gasteiger partial charge on any atom is 0.131 e. The molecule has 1 unspecified atom stereocenters. The summed E-state index contributed by atoms with van der Waals surface area (Å²) in [6.45, 7) is 0. The highest BCUT2D eigenvalue weighted by Crippen LogP contribution is 2.40. The Kier molecular flexibility index (Phi) is 4.21. The molecule has 0 nitrogen and oxygen atoms in total. The van der Waals surface area contributed by atoms with Crippen LogP contribution in [0.15, 0.2) is 54.6 Å². The lowest BCUT2D eigenvalue weighted by Gasteiger charge is -2.16. The third kappa shape index (κ3) is 2.68. The van der Waals surface area contributed by atoms with Crippen molar-refractivity contribution in [1.29, 1.82) is 0 Å². The summed E-state index contributed by atoms with van der Waals surface area (Å²) >= 11 is 16.0. The number of halogens is 4. The maximum atomic E-state index is 13.9. The van der Waals surface area contributed by atoms with E-state index in [0.717, 1.165) is 16.5 Å². The van der Waals surface area contributed by atoms with Crippen LogP contribution in [0.1, 0.15) is 16.0 Å². The minimum Gasteiger partial charge on any atom is -0.206 e. The predicted octanol–water partition coefficient (Wildman–Crippen LogP) is 6.77. The number of hydrogen-bond donors (Lipinski definition) is 0. The fraction of sp³-hybridized carbons (Fsp3) is 0.0588. The van der Waals surface area contributed by atoms with E-state index in [9.17, 15) is 4.39 Å². The van der Waals surface area contributed by atoms with E-state index in [2.05, 4.69) is 15.9 Å². The molecule has 0 fully saturated rings. The molecule has 3 aromatic rings. The average Bonchev–Trinajstić information content (AvgIpc) is 2.50. The molecule has 0 radical (unpaired) electrons. The molecule has 0 N–H and O–H groups in total. The van der Waals surface area contributed by atoms with Crippen LogP contribution in [0.2, 0.25) is 10.0 Å². The summed E-state index contributed by atoms with van der Waals surface area (Å²) < 4.78 is 13.9. The Morgan fingerprint density at radius 1 is 0.810 bits per heavy atom. The van der Waals surface area contributed by atoms with Crippen LogP contribution in [-0.2, 0) is 0 Å². The van der Waals surface area contributed by atoms with Crippen molar-refractivity contribution in [2.45, 2.75) is 4.83 Å². The van der Waals surface area contributed by atoms with Crippen molar-refractivity contribution in [2.75, 3.05) is 0 Å².